The maximum absolute atomic E-state index is 10.4. The van der Waals surface area contributed by atoms with Crippen LogP contribution in [0.15, 0.2) is 18.2 Å². The van der Waals surface area contributed by atoms with E-state index in [9.17, 15) is 5.11 Å². The Morgan fingerprint density at radius 1 is 1.00 bits per heavy atom. The summed E-state index contributed by atoms with van der Waals surface area (Å²) in [6, 6.07) is 5.75. The second-order valence-corrected chi connectivity index (χ2v) is 6.68. The van der Waals surface area contributed by atoms with E-state index in [4.69, 9.17) is 9.47 Å². The summed E-state index contributed by atoms with van der Waals surface area (Å²) in [5, 5.41) is 10.4. The van der Waals surface area contributed by atoms with Crippen molar-refractivity contribution >= 4 is 0 Å². The van der Waals surface area contributed by atoms with Crippen molar-refractivity contribution in [2.24, 2.45) is 5.41 Å². The van der Waals surface area contributed by atoms with Crippen LogP contribution in [0.2, 0.25) is 0 Å². The van der Waals surface area contributed by atoms with E-state index in [-0.39, 0.29) is 5.41 Å². The van der Waals surface area contributed by atoms with Crippen LogP contribution in [0, 0.1) is 5.41 Å². The molecule has 0 heterocycles. The minimum atomic E-state index is -0.478. The maximum Gasteiger partial charge on any atom is 0.161 e. The zero-order valence-corrected chi connectivity index (χ0v) is 14.1. The Kier molecular flexibility index (Phi) is 7.03. The average molecular weight is 294 g/mol. The van der Waals surface area contributed by atoms with Gasteiger partial charge in [0, 0.05) is 0 Å². The van der Waals surface area contributed by atoms with E-state index in [1.165, 1.54) is 0 Å². The highest BCUT2D eigenvalue weighted by molar-refractivity contribution is 5.43. The van der Waals surface area contributed by atoms with Gasteiger partial charge in [-0.15, -0.1) is 0 Å². The summed E-state index contributed by atoms with van der Waals surface area (Å²) < 4.78 is 11.5. The third-order valence-electron chi connectivity index (χ3n) is 3.08. The molecule has 0 bridgehead atoms. The highest BCUT2D eigenvalue weighted by Gasteiger charge is 2.19. The number of benzene rings is 1. The summed E-state index contributed by atoms with van der Waals surface area (Å²) in [7, 11) is 0. The van der Waals surface area contributed by atoms with E-state index in [0.29, 0.717) is 13.2 Å². The van der Waals surface area contributed by atoms with Gasteiger partial charge in [-0.2, -0.15) is 0 Å². The summed E-state index contributed by atoms with van der Waals surface area (Å²) in [5.41, 5.74) is 0.973. The lowest BCUT2D eigenvalue weighted by Crippen LogP contribution is -2.12. The lowest BCUT2D eigenvalue weighted by Gasteiger charge is -2.23. The van der Waals surface area contributed by atoms with Gasteiger partial charge >= 0.3 is 0 Å². The van der Waals surface area contributed by atoms with Crippen molar-refractivity contribution in [3.05, 3.63) is 23.8 Å². The molecule has 1 aromatic carbocycles. The Hall–Kier alpha value is -1.22. The highest BCUT2D eigenvalue weighted by atomic mass is 16.5. The quantitative estimate of drug-likeness (QED) is 0.753. The fourth-order valence-electron chi connectivity index (χ4n) is 2.09. The molecule has 1 unspecified atom stereocenters. The second kappa shape index (κ2) is 8.28. The van der Waals surface area contributed by atoms with Gasteiger partial charge in [0.25, 0.3) is 0 Å². The molecule has 0 aliphatic rings. The molecule has 0 aliphatic carbocycles. The lowest BCUT2D eigenvalue weighted by molar-refractivity contribution is 0.122. The van der Waals surface area contributed by atoms with Gasteiger partial charge in [0.2, 0.25) is 0 Å². The van der Waals surface area contributed by atoms with Crippen molar-refractivity contribution in [1.29, 1.82) is 0 Å². The van der Waals surface area contributed by atoms with Crippen molar-refractivity contribution in [1.82, 2.24) is 0 Å². The number of hydrogen-bond acceptors (Lipinski definition) is 3. The molecule has 1 aromatic rings. The average Bonchev–Trinajstić information content (AvgIpc) is 2.41. The molecule has 1 atom stereocenters. The molecule has 120 valence electrons. The molecule has 0 saturated heterocycles. The van der Waals surface area contributed by atoms with Gasteiger partial charge in [0.15, 0.2) is 11.5 Å². The van der Waals surface area contributed by atoms with Crippen molar-refractivity contribution in [3.63, 3.8) is 0 Å². The molecule has 3 nitrogen and oxygen atoms in total. The number of aliphatic hydroxyl groups is 1. The normalized spacial score (nSPS) is 13.0. The van der Waals surface area contributed by atoms with Crippen molar-refractivity contribution in [2.45, 2.75) is 60.0 Å². The minimum absolute atomic E-state index is 0.0846. The standard InChI is InChI=1S/C18H30O3/c1-6-10-20-16-9-8-14(12-17(16)21-11-7-2)15(19)13-18(3,4)5/h8-9,12,15,19H,6-7,10-11,13H2,1-5H3. The maximum atomic E-state index is 10.4. The van der Waals surface area contributed by atoms with Crippen LogP contribution >= 0.6 is 0 Å². The van der Waals surface area contributed by atoms with Crippen molar-refractivity contribution in [3.8, 4) is 11.5 Å². The highest BCUT2D eigenvalue weighted by Crippen LogP contribution is 2.35. The molecule has 0 fully saturated rings. The van der Waals surface area contributed by atoms with Crippen molar-refractivity contribution < 1.29 is 14.6 Å². The van der Waals surface area contributed by atoms with E-state index in [0.717, 1.165) is 36.3 Å². The Morgan fingerprint density at radius 2 is 1.57 bits per heavy atom. The van der Waals surface area contributed by atoms with E-state index >= 15 is 0 Å². The molecule has 1 N–H and O–H groups in total. The molecule has 0 aliphatic heterocycles. The van der Waals surface area contributed by atoms with Gasteiger partial charge in [-0.25, -0.2) is 0 Å². The number of ether oxygens (including phenoxy) is 2. The molecule has 1 rings (SSSR count). The zero-order valence-electron chi connectivity index (χ0n) is 14.1. The monoisotopic (exact) mass is 294 g/mol. The summed E-state index contributed by atoms with van der Waals surface area (Å²) in [5.74, 6) is 1.49. The van der Waals surface area contributed by atoms with Gasteiger partial charge < -0.3 is 14.6 Å². The predicted octanol–water partition coefficient (Wildman–Crippen LogP) is 4.73. The molecule has 0 radical (unpaired) electrons. The van der Waals surface area contributed by atoms with Gasteiger partial charge in [-0.3, -0.25) is 0 Å². The smallest absolute Gasteiger partial charge is 0.161 e. The molecule has 0 amide bonds. The van der Waals surface area contributed by atoms with Crippen LogP contribution < -0.4 is 9.47 Å². The van der Waals surface area contributed by atoms with Gasteiger partial charge in [-0.05, 0) is 42.4 Å². The largest absolute Gasteiger partial charge is 0.490 e. The second-order valence-electron chi connectivity index (χ2n) is 6.68. The first kappa shape index (κ1) is 17.8. The van der Waals surface area contributed by atoms with Gasteiger partial charge in [0.1, 0.15) is 0 Å². The Morgan fingerprint density at radius 3 is 2.10 bits per heavy atom. The van der Waals surface area contributed by atoms with Crippen LogP contribution in [0.3, 0.4) is 0 Å². The molecular weight excluding hydrogens is 264 g/mol. The summed E-state index contributed by atoms with van der Waals surface area (Å²) in [6.45, 7) is 11.9. The lowest BCUT2D eigenvalue weighted by atomic mass is 9.87. The van der Waals surface area contributed by atoms with Crippen LogP contribution in [-0.4, -0.2) is 18.3 Å². The van der Waals surface area contributed by atoms with Gasteiger partial charge in [-0.1, -0.05) is 40.7 Å². The van der Waals surface area contributed by atoms with E-state index in [1.54, 1.807) is 0 Å². The summed E-state index contributed by atoms with van der Waals surface area (Å²) >= 11 is 0. The fraction of sp³-hybridized carbons (Fsp3) is 0.667. The minimum Gasteiger partial charge on any atom is -0.490 e. The Balaban J connectivity index is 2.91. The number of rotatable bonds is 8. The van der Waals surface area contributed by atoms with E-state index in [1.807, 2.05) is 18.2 Å². The van der Waals surface area contributed by atoms with E-state index in [2.05, 4.69) is 34.6 Å². The van der Waals surface area contributed by atoms with Crippen LogP contribution in [0.5, 0.6) is 11.5 Å². The predicted molar refractivity (Wildman–Crippen MR) is 87.0 cm³/mol. The third-order valence-corrected chi connectivity index (χ3v) is 3.08. The molecule has 21 heavy (non-hydrogen) atoms. The summed E-state index contributed by atoms with van der Waals surface area (Å²) in [6.07, 6.45) is 2.15. The SMILES string of the molecule is CCCOc1ccc(C(O)CC(C)(C)C)cc1OCCC. The van der Waals surface area contributed by atoms with Crippen molar-refractivity contribution in [2.75, 3.05) is 13.2 Å². The Labute approximate surface area is 129 Å². The molecular formula is C18H30O3. The number of hydrogen-bond donors (Lipinski definition) is 1. The summed E-state index contributed by atoms with van der Waals surface area (Å²) in [4.78, 5) is 0. The van der Waals surface area contributed by atoms with Crippen LogP contribution in [0.4, 0.5) is 0 Å². The fourth-order valence-corrected chi connectivity index (χ4v) is 2.09. The van der Waals surface area contributed by atoms with E-state index < -0.39 is 6.10 Å². The Bertz CT molecular complexity index is 421. The number of aliphatic hydroxyl groups excluding tert-OH is 1. The first-order valence-corrected chi connectivity index (χ1v) is 7.95. The van der Waals surface area contributed by atoms with Crippen LogP contribution in [0.25, 0.3) is 0 Å². The first-order chi connectivity index (χ1) is 9.87. The molecule has 0 spiro atoms. The zero-order chi connectivity index (χ0) is 15.9. The van der Waals surface area contributed by atoms with Crippen LogP contribution in [-0.2, 0) is 0 Å². The van der Waals surface area contributed by atoms with Crippen LogP contribution in [0.1, 0.15) is 65.5 Å². The topological polar surface area (TPSA) is 38.7 Å². The molecule has 0 saturated carbocycles. The first-order valence-electron chi connectivity index (χ1n) is 7.95. The molecule has 3 heteroatoms. The third kappa shape index (κ3) is 6.38. The van der Waals surface area contributed by atoms with Gasteiger partial charge in [0.05, 0.1) is 19.3 Å². The molecule has 0 aromatic heterocycles.